The van der Waals surface area contributed by atoms with Crippen molar-refractivity contribution in [1.82, 2.24) is 0 Å². The van der Waals surface area contributed by atoms with E-state index in [-0.39, 0.29) is 5.78 Å². The van der Waals surface area contributed by atoms with Crippen molar-refractivity contribution in [1.29, 1.82) is 0 Å². The molecule has 0 radical (unpaired) electrons. The summed E-state index contributed by atoms with van der Waals surface area (Å²) in [7, 11) is 0. The molecule has 1 aromatic heterocycles. The topological polar surface area (TPSA) is 30.2 Å². The second-order valence-electron chi connectivity index (χ2n) is 2.71. The van der Waals surface area contributed by atoms with E-state index in [4.69, 9.17) is 4.42 Å². The molecule has 13 heavy (non-hydrogen) atoms. The molecule has 0 bridgehead atoms. The van der Waals surface area contributed by atoms with Gasteiger partial charge in [-0.3, -0.25) is 0 Å². The molecule has 0 aliphatic heterocycles. The monoisotopic (exact) mass is 182 g/mol. The number of Topliss-reactive ketones (excluding diaryl/α,β-unsaturated/α-hetero) is 1. The van der Waals surface area contributed by atoms with E-state index in [0.29, 0.717) is 6.42 Å². The zero-order chi connectivity index (χ0) is 10.3. The fraction of sp³-hybridized carbons (Fsp3) is 0.545. The molecule has 0 aromatic carbocycles. The number of furan rings is 1. The van der Waals surface area contributed by atoms with Crippen molar-refractivity contribution in [2.45, 2.75) is 40.5 Å². The first-order chi connectivity index (χ1) is 6.18. The van der Waals surface area contributed by atoms with Gasteiger partial charge in [-0.1, -0.05) is 13.8 Å². The van der Waals surface area contributed by atoms with E-state index >= 15 is 0 Å². The fourth-order valence-electron chi connectivity index (χ4n) is 0.919. The summed E-state index contributed by atoms with van der Waals surface area (Å²) >= 11 is 0. The molecule has 0 atom stereocenters. The van der Waals surface area contributed by atoms with Gasteiger partial charge in [0.05, 0.1) is 0 Å². The molecule has 74 valence electrons. The van der Waals surface area contributed by atoms with Crippen LogP contribution < -0.4 is 0 Å². The highest BCUT2D eigenvalue weighted by Crippen LogP contribution is 2.08. The van der Waals surface area contributed by atoms with Crippen LogP contribution in [0.15, 0.2) is 16.5 Å². The molecule has 0 fully saturated rings. The van der Waals surface area contributed by atoms with E-state index in [1.54, 1.807) is 6.92 Å². The normalized spacial score (nSPS) is 8.92. The number of carbonyl (C=O) groups is 1. The van der Waals surface area contributed by atoms with Crippen LogP contribution in [-0.2, 0) is 11.2 Å². The number of carbonyl (C=O) groups excluding carboxylic acids is 1. The third-order valence-corrected chi connectivity index (χ3v) is 1.52. The van der Waals surface area contributed by atoms with Gasteiger partial charge >= 0.3 is 0 Å². The van der Waals surface area contributed by atoms with Crippen molar-refractivity contribution in [2.24, 2.45) is 0 Å². The Bertz CT molecular complexity index is 248. The van der Waals surface area contributed by atoms with Gasteiger partial charge in [-0.15, -0.1) is 0 Å². The lowest BCUT2D eigenvalue weighted by Gasteiger charge is -1.91. The van der Waals surface area contributed by atoms with Crippen molar-refractivity contribution in [3.8, 4) is 0 Å². The Hall–Kier alpha value is -1.05. The summed E-state index contributed by atoms with van der Waals surface area (Å²) in [6.07, 6.45) is 1.30. The first-order valence-corrected chi connectivity index (χ1v) is 4.73. The van der Waals surface area contributed by atoms with E-state index in [9.17, 15) is 4.79 Å². The molecule has 1 rings (SSSR count). The minimum absolute atomic E-state index is 0.207. The number of hydrogen-bond acceptors (Lipinski definition) is 2. The minimum atomic E-state index is 0.207. The van der Waals surface area contributed by atoms with Crippen LogP contribution in [-0.4, -0.2) is 5.78 Å². The Morgan fingerprint density at radius 2 is 2.00 bits per heavy atom. The summed E-state index contributed by atoms with van der Waals surface area (Å²) < 4.78 is 5.28. The molecule has 0 unspecified atom stereocenters. The third-order valence-electron chi connectivity index (χ3n) is 1.52. The summed E-state index contributed by atoms with van der Waals surface area (Å²) in [6.45, 7) is 7.49. The van der Waals surface area contributed by atoms with Gasteiger partial charge < -0.3 is 9.21 Å². The lowest BCUT2D eigenvalue weighted by Crippen LogP contribution is -1.91. The maximum atomic E-state index is 10.6. The van der Waals surface area contributed by atoms with E-state index in [0.717, 1.165) is 17.9 Å². The third kappa shape index (κ3) is 5.23. The average Bonchev–Trinajstić information content (AvgIpc) is 2.52. The first kappa shape index (κ1) is 11.9. The molecule has 0 saturated carbocycles. The van der Waals surface area contributed by atoms with Crippen LogP contribution in [0.2, 0.25) is 0 Å². The van der Waals surface area contributed by atoms with E-state index in [2.05, 4.69) is 0 Å². The fourth-order valence-corrected chi connectivity index (χ4v) is 0.919. The molecule has 1 aromatic rings. The van der Waals surface area contributed by atoms with Crippen LogP contribution in [0.4, 0.5) is 0 Å². The van der Waals surface area contributed by atoms with Crippen LogP contribution in [0.25, 0.3) is 0 Å². The summed E-state index contributed by atoms with van der Waals surface area (Å²) in [5, 5.41) is 0. The predicted octanol–water partition coefficient (Wildman–Crippen LogP) is 3.14. The Balaban J connectivity index is 0.000000671. The van der Waals surface area contributed by atoms with Crippen molar-refractivity contribution in [2.75, 3.05) is 0 Å². The molecule has 0 N–H and O–H groups in total. The zero-order valence-corrected chi connectivity index (χ0v) is 8.89. The van der Waals surface area contributed by atoms with E-state index in [1.165, 1.54) is 0 Å². The molecule has 0 aliphatic rings. The zero-order valence-electron chi connectivity index (χ0n) is 8.89. The Labute approximate surface area is 79.9 Å². The highest BCUT2D eigenvalue weighted by atomic mass is 16.3. The van der Waals surface area contributed by atoms with Gasteiger partial charge in [-0.25, -0.2) is 0 Å². The van der Waals surface area contributed by atoms with Crippen LogP contribution in [0.1, 0.15) is 38.7 Å². The predicted molar refractivity (Wildman–Crippen MR) is 53.8 cm³/mol. The lowest BCUT2D eigenvalue weighted by atomic mass is 10.2. The van der Waals surface area contributed by atoms with Gasteiger partial charge in [0.25, 0.3) is 0 Å². The molecular weight excluding hydrogens is 164 g/mol. The largest absolute Gasteiger partial charge is 0.466 e. The first-order valence-electron chi connectivity index (χ1n) is 4.73. The molecular formula is C11H18O2. The quantitative estimate of drug-likeness (QED) is 0.718. The van der Waals surface area contributed by atoms with Gasteiger partial charge in [0.1, 0.15) is 17.3 Å². The van der Waals surface area contributed by atoms with Gasteiger partial charge in [-0.2, -0.15) is 0 Å². The van der Waals surface area contributed by atoms with Gasteiger partial charge in [0.2, 0.25) is 0 Å². The molecule has 2 nitrogen and oxygen atoms in total. The second-order valence-corrected chi connectivity index (χ2v) is 2.71. The van der Waals surface area contributed by atoms with Gasteiger partial charge in [-0.05, 0) is 26.0 Å². The van der Waals surface area contributed by atoms with Crippen molar-refractivity contribution in [3.63, 3.8) is 0 Å². The van der Waals surface area contributed by atoms with Gasteiger partial charge in [0.15, 0.2) is 0 Å². The summed E-state index contributed by atoms with van der Waals surface area (Å²) in [5.74, 6) is 2.01. The summed E-state index contributed by atoms with van der Waals surface area (Å²) in [5.41, 5.74) is 0. The highest BCUT2D eigenvalue weighted by molar-refractivity contribution is 5.75. The number of aryl methyl sites for hydroxylation is 2. The van der Waals surface area contributed by atoms with Crippen LogP contribution >= 0.6 is 0 Å². The van der Waals surface area contributed by atoms with E-state index in [1.807, 2.05) is 32.9 Å². The summed E-state index contributed by atoms with van der Waals surface area (Å²) in [6, 6.07) is 3.83. The summed E-state index contributed by atoms with van der Waals surface area (Å²) in [4.78, 5) is 10.6. The van der Waals surface area contributed by atoms with Gasteiger partial charge in [0, 0.05) is 12.8 Å². The minimum Gasteiger partial charge on any atom is -0.466 e. The van der Waals surface area contributed by atoms with Crippen molar-refractivity contribution in [3.05, 3.63) is 23.7 Å². The van der Waals surface area contributed by atoms with Crippen LogP contribution in [0.3, 0.4) is 0 Å². The molecule has 0 aliphatic carbocycles. The molecule has 0 spiro atoms. The maximum absolute atomic E-state index is 10.6. The highest BCUT2D eigenvalue weighted by Gasteiger charge is 1.99. The standard InChI is InChI=1S/C9H12O2.C2H6/c1-7(10)3-5-9-6-4-8(2)11-9;1-2/h4,6H,3,5H2,1-2H3;1-2H3. The maximum Gasteiger partial charge on any atom is 0.130 e. The SMILES string of the molecule is CC.CC(=O)CCc1ccc(C)o1. The Morgan fingerprint density at radius 1 is 1.38 bits per heavy atom. The second kappa shape index (κ2) is 6.46. The molecule has 0 amide bonds. The molecule has 0 saturated heterocycles. The average molecular weight is 182 g/mol. The Kier molecular flexibility index (Phi) is 5.94. The molecule has 2 heteroatoms. The number of rotatable bonds is 3. The van der Waals surface area contributed by atoms with Crippen molar-refractivity contribution < 1.29 is 9.21 Å². The number of ketones is 1. The smallest absolute Gasteiger partial charge is 0.130 e. The van der Waals surface area contributed by atoms with Crippen LogP contribution in [0, 0.1) is 6.92 Å². The van der Waals surface area contributed by atoms with E-state index < -0.39 is 0 Å². The van der Waals surface area contributed by atoms with Crippen LogP contribution in [0.5, 0.6) is 0 Å². The Morgan fingerprint density at radius 3 is 2.38 bits per heavy atom. The molecule has 1 heterocycles. The van der Waals surface area contributed by atoms with Crippen molar-refractivity contribution >= 4 is 5.78 Å². The number of hydrogen-bond donors (Lipinski definition) is 0. The lowest BCUT2D eigenvalue weighted by molar-refractivity contribution is -0.117.